The molecule has 2 nitrogen and oxygen atoms in total. The molecule has 2 heteroatoms. The summed E-state index contributed by atoms with van der Waals surface area (Å²) in [5.41, 5.74) is 6.21. The van der Waals surface area contributed by atoms with Crippen molar-refractivity contribution >= 4 is 0 Å². The summed E-state index contributed by atoms with van der Waals surface area (Å²) in [6, 6.07) is 27.9. The van der Waals surface area contributed by atoms with Crippen LogP contribution in [-0.2, 0) is 22.7 Å². The van der Waals surface area contributed by atoms with Gasteiger partial charge in [0.1, 0.15) is 0 Å². The molecule has 0 aliphatic heterocycles. The molecule has 0 aliphatic carbocycles. The summed E-state index contributed by atoms with van der Waals surface area (Å²) in [6.07, 6.45) is 0. The molecule has 0 saturated heterocycles. The maximum atomic E-state index is 5.31. The van der Waals surface area contributed by atoms with Crippen molar-refractivity contribution in [1.29, 1.82) is 0 Å². The second-order valence-corrected chi connectivity index (χ2v) is 6.20. The molecule has 3 aromatic carbocycles. The molecule has 0 saturated carbocycles. The predicted molar refractivity (Wildman–Crippen MR) is 102 cm³/mol. The first kappa shape index (κ1) is 17.4. The first-order chi connectivity index (χ1) is 12.3. The molecule has 0 amide bonds. The van der Waals surface area contributed by atoms with Gasteiger partial charge in [-0.05, 0) is 27.8 Å². The molecule has 0 radical (unpaired) electrons. The van der Waals surface area contributed by atoms with E-state index >= 15 is 0 Å². The topological polar surface area (TPSA) is 18.5 Å². The maximum absolute atomic E-state index is 5.31. The standard InChI is InChI=1S/C23H24O2/c1-24-16-18-8-6-12-21(14-18)23(20-10-4-3-5-11-20)22-13-7-9-19(15-22)17-25-2/h3-15,23H,16-17H2,1-2H3. The van der Waals surface area contributed by atoms with E-state index in [-0.39, 0.29) is 5.92 Å². The summed E-state index contributed by atoms with van der Waals surface area (Å²) >= 11 is 0. The first-order valence-corrected chi connectivity index (χ1v) is 8.52. The highest BCUT2D eigenvalue weighted by Gasteiger charge is 2.17. The van der Waals surface area contributed by atoms with Crippen LogP contribution in [0, 0.1) is 0 Å². The fourth-order valence-electron chi connectivity index (χ4n) is 3.28. The summed E-state index contributed by atoms with van der Waals surface area (Å²) in [7, 11) is 3.46. The van der Waals surface area contributed by atoms with Crippen molar-refractivity contribution < 1.29 is 9.47 Å². The molecule has 0 bridgehead atoms. The van der Waals surface area contributed by atoms with Gasteiger partial charge in [0, 0.05) is 20.1 Å². The summed E-state index contributed by atoms with van der Waals surface area (Å²) < 4.78 is 10.6. The Labute approximate surface area is 150 Å². The zero-order valence-corrected chi connectivity index (χ0v) is 14.8. The fourth-order valence-corrected chi connectivity index (χ4v) is 3.28. The van der Waals surface area contributed by atoms with Gasteiger partial charge in [-0.15, -0.1) is 0 Å². The van der Waals surface area contributed by atoms with Crippen LogP contribution < -0.4 is 0 Å². The zero-order valence-electron chi connectivity index (χ0n) is 14.8. The van der Waals surface area contributed by atoms with E-state index in [9.17, 15) is 0 Å². The molecule has 0 aromatic heterocycles. The van der Waals surface area contributed by atoms with Gasteiger partial charge in [0.25, 0.3) is 0 Å². The quantitative estimate of drug-likeness (QED) is 0.556. The Hall–Kier alpha value is -2.42. The molecule has 25 heavy (non-hydrogen) atoms. The van der Waals surface area contributed by atoms with E-state index in [0.717, 1.165) is 0 Å². The number of methoxy groups -OCH3 is 2. The summed E-state index contributed by atoms with van der Waals surface area (Å²) in [6.45, 7) is 1.25. The molecule has 0 heterocycles. The Balaban J connectivity index is 2.07. The van der Waals surface area contributed by atoms with Crippen LogP contribution in [0.2, 0.25) is 0 Å². The lowest BCUT2D eigenvalue weighted by Crippen LogP contribution is -2.05. The van der Waals surface area contributed by atoms with Crippen molar-refractivity contribution in [1.82, 2.24) is 0 Å². The number of hydrogen-bond acceptors (Lipinski definition) is 2. The monoisotopic (exact) mass is 332 g/mol. The van der Waals surface area contributed by atoms with Crippen molar-refractivity contribution in [2.75, 3.05) is 14.2 Å². The maximum Gasteiger partial charge on any atom is 0.0713 e. The van der Waals surface area contributed by atoms with Crippen molar-refractivity contribution in [3.05, 3.63) is 107 Å². The van der Waals surface area contributed by atoms with Gasteiger partial charge in [-0.25, -0.2) is 0 Å². The Bertz CT molecular complexity index is 746. The van der Waals surface area contributed by atoms with E-state index in [1.807, 2.05) is 0 Å². The number of ether oxygens (including phenoxy) is 2. The van der Waals surface area contributed by atoms with Crippen LogP contribution in [0.5, 0.6) is 0 Å². The van der Waals surface area contributed by atoms with E-state index in [4.69, 9.17) is 9.47 Å². The molecular weight excluding hydrogens is 308 g/mol. The van der Waals surface area contributed by atoms with Crippen LogP contribution in [0.3, 0.4) is 0 Å². The van der Waals surface area contributed by atoms with Gasteiger partial charge in [0.05, 0.1) is 13.2 Å². The Morgan fingerprint density at radius 2 is 1.08 bits per heavy atom. The van der Waals surface area contributed by atoms with Crippen LogP contribution in [0.1, 0.15) is 33.7 Å². The Morgan fingerprint density at radius 3 is 1.56 bits per heavy atom. The smallest absolute Gasteiger partial charge is 0.0713 e. The zero-order chi connectivity index (χ0) is 17.5. The fraction of sp³-hybridized carbons (Fsp3) is 0.217. The van der Waals surface area contributed by atoms with E-state index in [2.05, 4.69) is 78.9 Å². The summed E-state index contributed by atoms with van der Waals surface area (Å²) in [5, 5.41) is 0. The highest BCUT2D eigenvalue weighted by molar-refractivity contribution is 5.45. The largest absolute Gasteiger partial charge is 0.380 e. The lowest BCUT2D eigenvalue weighted by molar-refractivity contribution is 0.185. The average molecular weight is 332 g/mol. The third-order valence-corrected chi connectivity index (χ3v) is 4.32. The van der Waals surface area contributed by atoms with Crippen molar-refractivity contribution in [2.45, 2.75) is 19.1 Å². The third-order valence-electron chi connectivity index (χ3n) is 4.32. The van der Waals surface area contributed by atoms with E-state index in [0.29, 0.717) is 13.2 Å². The van der Waals surface area contributed by atoms with Crippen LogP contribution in [0.25, 0.3) is 0 Å². The Morgan fingerprint density at radius 1 is 0.600 bits per heavy atom. The van der Waals surface area contributed by atoms with E-state index in [1.54, 1.807) is 14.2 Å². The molecule has 0 N–H and O–H groups in total. The molecule has 3 rings (SSSR count). The molecule has 0 aliphatic rings. The summed E-state index contributed by atoms with van der Waals surface area (Å²) in [4.78, 5) is 0. The minimum Gasteiger partial charge on any atom is -0.380 e. The molecule has 3 aromatic rings. The van der Waals surface area contributed by atoms with E-state index in [1.165, 1.54) is 27.8 Å². The second-order valence-electron chi connectivity index (χ2n) is 6.20. The summed E-state index contributed by atoms with van der Waals surface area (Å²) in [5.74, 6) is 0.190. The van der Waals surface area contributed by atoms with Gasteiger partial charge in [0.2, 0.25) is 0 Å². The van der Waals surface area contributed by atoms with Crippen LogP contribution in [0.15, 0.2) is 78.9 Å². The molecule has 0 spiro atoms. The van der Waals surface area contributed by atoms with Crippen LogP contribution in [-0.4, -0.2) is 14.2 Å². The van der Waals surface area contributed by atoms with Gasteiger partial charge in [0.15, 0.2) is 0 Å². The van der Waals surface area contributed by atoms with Crippen molar-refractivity contribution in [3.8, 4) is 0 Å². The molecule has 0 fully saturated rings. The highest BCUT2D eigenvalue weighted by atomic mass is 16.5. The van der Waals surface area contributed by atoms with Crippen molar-refractivity contribution in [2.24, 2.45) is 0 Å². The highest BCUT2D eigenvalue weighted by Crippen LogP contribution is 2.33. The molecule has 0 unspecified atom stereocenters. The van der Waals surface area contributed by atoms with E-state index < -0.39 is 0 Å². The van der Waals surface area contributed by atoms with Gasteiger partial charge in [-0.2, -0.15) is 0 Å². The number of benzene rings is 3. The minimum atomic E-state index is 0.190. The normalized spacial score (nSPS) is 11.0. The minimum absolute atomic E-state index is 0.190. The number of rotatable bonds is 7. The van der Waals surface area contributed by atoms with Gasteiger partial charge < -0.3 is 9.47 Å². The lowest BCUT2D eigenvalue weighted by Gasteiger charge is -2.20. The van der Waals surface area contributed by atoms with Gasteiger partial charge in [-0.3, -0.25) is 0 Å². The molecule has 128 valence electrons. The molecule has 0 atom stereocenters. The SMILES string of the molecule is COCc1cccc(C(c2ccccc2)c2cccc(COC)c2)c1. The third kappa shape index (κ3) is 4.36. The average Bonchev–Trinajstić information content (AvgIpc) is 2.64. The van der Waals surface area contributed by atoms with Crippen molar-refractivity contribution in [3.63, 3.8) is 0 Å². The lowest BCUT2D eigenvalue weighted by atomic mass is 9.84. The Kier molecular flexibility index (Phi) is 5.99. The van der Waals surface area contributed by atoms with Gasteiger partial charge in [-0.1, -0.05) is 78.9 Å². The van der Waals surface area contributed by atoms with Gasteiger partial charge >= 0.3 is 0 Å². The predicted octanol–water partition coefficient (Wildman–Crippen LogP) is 5.16. The number of hydrogen-bond donors (Lipinski definition) is 0. The van der Waals surface area contributed by atoms with Crippen LogP contribution in [0.4, 0.5) is 0 Å². The van der Waals surface area contributed by atoms with Crippen LogP contribution >= 0.6 is 0 Å². The second kappa shape index (κ2) is 8.61. The first-order valence-electron chi connectivity index (χ1n) is 8.52. The molecular formula is C23H24O2.